The smallest absolute Gasteiger partial charge is 0.312 e. The van der Waals surface area contributed by atoms with Crippen LogP contribution in [0.15, 0.2) is 0 Å². The Kier molecular flexibility index (Phi) is 4.14. The molecule has 1 rings (SSSR count). The average molecular weight is 166 g/mol. The van der Waals surface area contributed by atoms with Crippen LogP contribution in [0.1, 0.15) is 6.42 Å². The molecule has 2 amide bonds. The normalized spacial score (nSPS) is 23.4. The van der Waals surface area contributed by atoms with Gasteiger partial charge in [-0.15, -0.1) is 12.4 Å². The maximum absolute atomic E-state index is 10.2. The van der Waals surface area contributed by atoms with Crippen LogP contribution in [-0.2, 0) is 0 Å². The monoisotopic (exact) mass is 165 g/mol. The van der Waals surface area contributed by atoms with Crippen LogP contribution in [-0.4, -0.2) is 25.2 Å². The molecular formula is C5H12ClN3O. The largest absolute Gasteiger partial charge is 0.352 e. The number of amides is 2. The Morgan fingerprint density at radius 1 is 1.70 bits per heavy atom. The van der Waals surface area contributed by atoms with Crippen molar-refractivity contribution in [3.8, 4) is 0 Å². The maximum atomic E-state index is 10.2. The van der Waals surface area contributed by atoms with E-state index < -0.39 is 6.03 Å². The van der Waals surface area contributed by atoms with Crippen molar-refractivity contribution in [1.29, 1.82) is 0 Å². The lowest BCUT2D eigenvalue weighted by Crippen LogP contribution is -2.39. The van der Waals surface area contributed by atoms with Crippen molar-refractivity contribution in [2.24, 2.45) is 5.73 Å². The molecule has 0 aromatic rings. The van der Waals surface area contributed by atoms with Crippen molar-refractivity contribution in [2.75, 3.05) is 13.1 Å². The summed E-state index contributed by atoms with van der Waals surface area (Å²) in [6.07, 6.45) is 0.989. The van der Waals surface area contributed by atoms with Crippen LogP contribution < -0.4 is 16.4 Å². The molecule has 1 saturated heterocycles. The van der Waals surface area contributed by atoms with Crippen LogP contribution in [0.3, 0.4) is 0 Å². The summed E-state index contributed by atoms with van der Waals surface area (Å²) in [6, 6.07) is -0.175. The summed E-state index contributed by atoms with van der Waals surface area (Å²) in [4.78, 5) is 10.2. The third kappa shape index (κ3) is 2.89. The second-order valence-electron chi connectivity index (χ2n) is 2.20. The highest BCUT2D eigenvalue weighted by Gasteiger charge is 2.14. The van der Waals surface area contributed by atoms with E-state index in [0.717, 1.165) is 19.5 Å². The summed E-state index contributed by atoms with van der Waals surface area (Å²) in [5.41, 5.74) is 4.89. The van der Waals surface area contributed by atoms with Crippen LogP contribution in [0.5, 0.6) is 0 Å². The number of halogens is 1. The lowest BCUT2D eigenvalue weighted by molar-refractivity contribution is 0.246. The number of hydrogen-bond acceptors (Lipinski definition) is 2. The van der Waals surface area contributed by atoms with E-state index in [1.165, 1.54) is 0 Å². The quantitative estimate of drug-likeness (QED) is 0.488. The highest BCUT2D eigenvalue weighted by Crippen LogP contribution is 1.95. The molecule has 0 spiro atoms. The van der Waals surface area contributed by atoms with Gasteiger partial charge in [-0.3, -0.25) is 0 Å². The first kappa shape index (κ1) is 9.52. The van der Waals surface area contributed by atoms with Gasteiger partial charge in [0.15, 0.2) is 0 Å². The number of urea groups is 1. The molecule has 10 heavy (non-hydrogen) atoms. The molecular weight excluding hydrogens is 154 g/mol. The van der Waals surface area contributed by atoms with E-state index in [1.54, 1.807) is 0 Å². The van der Waals surface area contributed by atoms with Gasteiger partial charge in [-0.25, -0.2) is 4.79 Å². The van der Waals surface area contributed by atoms with Gasteiger partial charge < -0.3 is 16.4 Å². The SMILES string of the molecule is Cl.NC(=O)NC1CCNC1. The van der Waals surface area contributed by atoms with Crippen molar-refractivity contribution < 1.29 is 4.79 Å². The number of primary amides is 1. The molecule has 0 bridgehead atoms. The molecule has 5 heteroatoms. The molecule has 60 valence electrons. The zero-order valence-corrected chi connectivity index (χ0v) is 6.41. The van der Waals surface area contributed by atoms with Crippen molar-refractivity contribution in [2.45, 2.75) is 12.5 Å². The predicted octanol–water partition coefficient (Wildman–Crippen LogP) is -0.562. The standard InChI is InChI=1S/C5H11N3O.ClH/c6-5(9)8-4-1-2-7-3-4;/h4,7H,1-3H2,(H3,6,8,9);1H. The molecule has 1 aliphatic rings. The molecule has 4 nitrogen and oxygen atoms in total. The van der Waals surface area contributed by atoms with E-state index >= 15 is 0 Å². The zero-order chi connectivity index (χ0) is 6.69. The van der Waals surface area contributed by atoms with E-state index in [4.69, 9.17) is 5.73 Å². The van der Waals surface area contributed by atoms with E-state index in [-0.39, 0.29) is 18.4 Å². The Morgan fingerprint density at radius 3 is 2.80 bits per heavy atom. The Morgan fingerprint density at radius 2 is 2.40 bits per heavy atom. The third-order valence-corrected chi connectivity index (χ3v) is 1.41. The summed E-state index contributed by atoms with van der Waals surface area (Å²) in [6.45, 7) is 1.83. The Bertz CT molecular complexity index is 113. The van der Waals surface area contributed by atoms with Crippen LogP contribution >= 0.6 is 12.4 Å². The number of carbonyl (C=O) groups is 1. The summed E-state index contributed by atoms with van der Waals surface area (Å²) in [7, 11) is 0. The topological polar surface area (TPSA) is 67.2 Å². The molecule has 0 radical (unpaired) electrons. The second-order valence-corrected chi connectivity index (χ2v) is 2.20. The molecule has 4 N–H and O–H groups in total. The van der Waals surface area contributed by atoms with Gasteiger partial charge in [0, 0.05) is 12.6 Å². The van der Waals surface area contributed by atoms with Gasteiger partial charge in [-0.1, -0.05) is 0 Å². The number of nitrogens with one attached hydrogen (secondary N) is 2. The molecule has 1 atom stereocenters. The summed E-state index contributed by atoms with van der Waals surface area (Å²) < 4.78 is 0. The number of carbonyl (C=O) groups excluding carboxylic acids is 1. The van der Waals surface area contributed by atoms with Crippen LogP contribution in [0.2, 0.25) is 0 Å². The van der Waals surface area contributed by atoms with E-state index in [0.29, 0.717) is 0 Å². The Labute approximate surface area is 65.9 Å². The number of rotatable bonds is 1. The van der Waals surface area contributed by atoms with Gasteiger partial charge in [0.2, 0.25) is 0 Å². The number of hydrogen-bond donors (Lipinski definition) is 3. The summed E-state index contributed by atoms with van der Waals surface area (Å²) >= 11 is 0. The highest BCUT2D eigenvalue weighted by atomic mass is 35.5. The fraction of sp³-hybridized carbons (Fsp3) is 0.800. The fourth-order valence-corrected chi connectivity index (χ4v) is 0.979. The van der Waals surface area contributed by atoms with E-state index in [2.05, 4.69) is 10.6 Å². The van der Waals surface area contributed by atoms with Gasteiger partial charge in [0.25, 0.3) is 0 Å². The van der Waals surface area contributed by atoms with Gasteiger partial charge in [-0.05, 0) is 13.0 Å². The van der Waals surface area contributed by atoms with Gasteiger partial charge in [0.05, 0.1) is 0 Å². The Balaban J connectivity index is 0.000000810. The van der Waals surface area contributed by atoms with Crippen molar-refractivity contribution in [1.82, 2.24) is 10.6 Å². The zero-order valence-electron chi connectivity index (χ0n) is 5.59. The van der Waals surface area contributed by atoms with Gasteiger partial charge >= 0.3 is 6.03 Å². The first-order valence-electron chi connectivity index (χ1n) is 3.06. The van der Waals surface area contributed by atoms with Crippen LogP contribution in [0.25, 0.3) is 0 Å². The van der Waals surface area contributed by atoms with E-state index in [9.17, 15) is 4.79 Å². The van der Waals surface area contributed by atoms with Crippen LogP contribution in [0.4, 0.5) is 4.79 Å². The summed E-state index contributed by atoms with van der Waals surface area (Å²) in [5.74, 6) is 0. The molecule has 0 aromatic heterocycles. The molecule has 1 unspecified atom stereocenters. The van der Waals surface area contributed by atoms with Crippen molar-refractivity contribution in [3.05, 3.63) is 0 Å². The lowest BCUT2D eigenvalue weighted by Gasteiger charge is -2.06. The minimum atomic E-state index is -0.427. The van der Waals surface area contributed by atoms with Crippen LogP contribution in [0, 0.1) is 0 Å². The van der Waals surface area contributed by atoms with Gasteiger partial charge in [-0.2, -0.15) is 0 Å². The maximum Gasteiger partial charge on any atom is 0.312 e. The fourth-order valence-electron chi connectivity index (χ4n) is 0.979. The third-order valence-electron chi connectivity index (χ3n) is 1.41. The molecule has 1 aliphatic heterocycles. The first-order valence-corrected chi connectivity index (χ1v) is 3.06. The second kappa shape index (κ2) is 4.35. The molecule has 1 fully saturated rings. The summed E-state index contributed by atoms with van der Waals surface area (Å²) in [5, 5.41) is 5.73. The lowest BCUT2D eigenvalue weighted by atomic mass is 10.3. The minimum Gasteiger partial charge on any atom is -0.352 e. The minimum absolute atomic E-state index is 0. The average Bonchev–Trinajstić information content (AvgIpc) is 2.15. The molecule has 0 saturated carbocycles. The van der Waals surface area contributed by atoms with E-state index in [1.807, 2.05) is 0 Å². The Hall–Kier alpha value is -0.480. The highest BCUT2D eigenvalue weighted by molar-refractivity contribution is 5.85. The first-order chi connectivity index (χ1) is 4.29. The van der Waals surface area contributed by atoms with Gasteiger partial charge in [0.1, 0.15) is 0 Å². The van der Waals surface area contributed by atoms with Crippen molar-refractivity contribution >= 4 is 18.4 Å². The van der Waals surface area contributed by atoms with Crippen molar-refractivity contribution in [3.63, 3.8) is 0 Å². The molecule has 0 aliphatic carbocycles. The predicted molar refractivity (Wildman–Crippen MR) is 41.2 cm³/mol. The number of nitrogens with two attached hydrogens (primary N) is 1. The molecule has 1 heterocycles. The molecule has 0 aromatic carbocycles.